The molecule has 1 aromatic heterocycles. The molecule has 3 rings (SSSR count). The first kappa shape index (κ1) is 25.0. The predicted octanol–water partition coefficient (Wildman–Crippen LogP) is 4.23. The molecule has 1 heterocycles. The molecule has 0 aliphatic rings. The zero-order valence-electron chi connectivity index (χ0n) is 18.9. The second kappa shape index (κ2) is 11.0. The standard InChI is InChI=1S/C23H23BrN4O6/c1-4-5-21-26-18-8-7-16(24)11-17(18)23(30)27(21)25-12-15-6-9-20(19(10-15)28(31)32)33-13-22(29)34-14(2)3/h6-12,14H,4-5,13H2,1-3H3. The van der Waals surface area contributed by atoms with Gasteiger partial charge in [0.25, 0.3) is 5.56 Å². The zero-order valence-corrected chi connectivity index (χ0v) is 20.4. The van der Waals surface area contributed by atoms with Crippen molar-refractivity contribution in [3.8, 4) is 5.75 Å². The predicted molar refractivity (Wildman–Crippen MR) is 131 cm³/mol. The lowest BCUT2D eigenvalue weighted by Gasteiger charge is -2.10. The molecule has 2 aromatic carbocycles. The zero-order chi connectivity index (χ0) is 24.8. The highest BCUT2D eigenvalue weighted by atomic mass is 79.9. The van der Waals surface area contributed by atoms with Gasteiger partial charge in [-0.1, -0.05) is 22.9 Å². The monoisotopic (exact) mass is 530 g/mol. The number of hydrogen-bond donors (Lipinski definition) is 0. The first-order valence-corrected chi connectivity index (χ1v) is 11.3. The van der Waals surface area contributed by atoms with E-state index in [1.807, 2.05) is 13.0 Å². The number of nitro benzene ring substituents is 1. The van der Waals surface area contributed by atoms with Gasteiger partial charge in [-0.25, -0.2) is 9.78 Å². The maximum absolute atomic E-state index is 13.1. The van der Waals surface area contributed by atoms with Crippen molar-refractivity contribution in [2.75, 3.05) is 6.61 Å². The number of rotatable bonds is 9. The van der Waals surface area contributed by atoms with Gasteiger partial charge in [-0.05, 0) is 50.6 Å². The molecule has 10 nitrogen and oxygen atoms in total. The van der Waals surface area contributed by atoms with Gasteiger partial charge in [0.15, 0.2) is 12.4 Å². The summed E-state index contributed by atoms with van der Waals surface area (Å²) in [4.78, 5) is 40.2. The average molecular weight is 531 g/mol. The van der Waals surface area contributed by atoms with Crippen molar-refractivity contribution in [3.63, 3.8) is 0 Å². The van der Waals surface area contributed by atoms with Crippen molar-refractivity contribution in [1.82, 2.24) is 9.66 Å². The fraction of sp³-hybridized carbons (Fsp3) is 0.304. The lowest BCUT2D eigenvalue weighted by atomic mass is 10.2. The Morgan fingerprint density at radius 2 is 2.06 bits per heavy atom. The number of nitrogens with zero attached hydrogens (tertiary/aromatic N) is 4. The van der Waals surface area contributed by atoms with Crippen molar-refractivity contribution >= 4 is 44.7 Å². The van der Waals surface area contributed by atoms with E-state index in [4.69, 9.17) is 9.47 Å². The van der Waals surface area contributed by atoms with Crippen LogP contribution in [0.15, 0.2) is 50.8 Å². The second-order valence-electron chi connectivity index (χ2n) is 7.61. The summed E-state index contributed by atoms with van der Waals surface area (Å²) in [5, 5.41) is 16.2. The van der Waals surface area contributed by atoms with E-state index in [0.717, 1.165) is 10.9 Å². The SMILES string of the molecule is CCCc1nc2ccc(Br)cc2c(=O)n1N=Cc1ccc(OCC(=O)OC(C)C)c([N+](=O)[O-])c1. The molecule has 0 fully saturated rings. The number of esters is 1. The van der Waals surface area contributed by atoms with Crippen LogP contribution in [0.3, 0.4) is 0 Å². The van der Waals surface area contributed by atoms with Gasteiger partial charge in [-0.15, -0.1) is 0 Å². The van der Waals surface area contributed by atoms with Gasteiger partial charge >= 0.3 is 11.7 Å². The van der Waals surface area contributed by atoms with Crippen molar-refractivity contribution in [3.05, 3.63) is 72.7 Å². The number of carbonyl (C=O) groups is 1. The van der Waals surface area contributed by atoms with E-state index in [-0.39, 0.29) is 23.1 Å². The summed E-state index contributed by atoms with van der Waals surface area (Å²) in [7, 11) is 0. The minimum absolute atomic E-state index is 0.0797. The Kier molecular flexibility index (Phi) is 8.11. The van der Waals surface area contributed by atoms with Crippen molar-refractivity contribution in [2.45, 2.75) is 39.7 Å². The summed E-state index contributed by atoms with van der Waals surface area (Å²) in [5.74, 6) is -0.228. The Hall–Kier alpha value is -3.60. The van der Waals surface area contributed by atoms with E-state index >= 15 is 0 Å². The van der Waals surface area contributed by atoms with E-state index in [9.17, 15) is 19.7 Å². The van der Waals surface area contributed by atoms with Gasteiger partial charge < -0.3 is 9.47 Å². The van der Waals surface area contributed by atoms with Gasteiger partial charge in [0, 0.05) is 22.5 Å². The maximum Gasteiger partial charge on any atom is 0.344 e. The molecule has 3 aromatic rings. The van der Waals surface area contributed by atoms with Crippen molar-refractivity contribution in [1.29, 1.82) is 0 Å². The molecule has 178 valence electrons. The molecule has 0 radical (unpaired) electrons. The van der Waals surface area contributed by atoms with Crippen LogP contribution in [0.25, 0.3) is 10.9 Å². The maximum atomic E-state index is 13.1. The van der Waals surface area contributed by atoms with Crippen LogP contribution in [0.4, 0.5) is 5.69 Å². The summed E-state index contributed by atoms with van der Waals surface area (Å²) in [5.41, 5.74) is 0.246. The number of nitro groups is 1. The third-order valence-corrected chi connectivity index (χ3v) is 5.06. The van der Waals surface area contributed by atoms with Crippen LogP contribution in [-0.4, -0.2) is 39.5 Å². The molecular formula is C23H23BrN4O6. The van der Waals surface area contributed by atoms with Crippen molar-refractivity contribution < 1.29 is 19.2 Å². The highest BCUT2D eigenvalue weighted by molar-refractivity contribution is 9.10. The highest BCUT2D eigenvalue weighted by Gasteiger charge is 2.18. The average Bonchev–Trinajstić information content (AvgIpc) is 2.78. The molecule has 0 saturated carbocycles. The van der Waals surface area contributed by atoms with E-state index in [1.54, 1.807) is 26.0 Å². The summed E-state index contributed by atoms with van der Waals surface area (Å²) >= 11 is 3.36. The van der Waals surface area contributed by atoms with Gasteiger partial charge in [-0.3, -0.25) is 14.9 Å². The number of fused-ring (bicyclic) bond motifs is 1. The van der Waals surface area contributed by atoms with Crippen LogP contribution in [0.1, 0.15) is 38.6 Å². The van der Waals surface area contributed by atoms with E-state index in [0.29, 0.717) is 28.7 Å². The quantitative estimate of drug-likeness (QED) is 0.175. The molecule has 0 N–H and O–H groups in total. The molecule has 11 heteroatoms. The first-order chi connectivity index (χ1) is 16.2. The van der Waals surface area contributed by atoms with E-state index < -0.39 is 17.5 Å². The van der Waals surface area contributed by atoms with Crippen LogP contribution in [0, 0.1) is 10.1 Å². The van der Waals surface area contributed by atoms with Crippen LogP contribution in [0.2, 0.25) is 0 Å². The smallest absolute Gasteiger partial charge is 0.344 e. The Morgan fingerprint density at radius 1 is 1.29 bits per heavy atom. The number of ether oxygens (including phenoxy) is 2. The Balaban J connectivity index is 1.94. The lowest BCUT2D eigenvalue weighted by Crippen LogP contribution is -2.22. The fourth-order valence-corrected chi connectivity index (χ4v) is 3.50. The second-order valence-corrected chi connectivity index (χ2v) is 8.53. The molecule has 0 saturated heterocycles. The molecule has 0 bridgehead atoms. The number of halogens is 1. The normalized spacial score (nSPS) is 11.3. The largest absolute Gasteiger partial charge is 0.475 e. The van der Waals surface area contributed by atoms with E-state index in [1.165, 1.54) is 29.1 Å². The fourth-order valence-electron chi connectivity index (χ4n) is 3.14. The Labute approximate surface area is 203 Å². The first-order valence-electron chi connectivity index (χ1n) is 10.6. The van der Waals surface area contributed by atoms with Gasteiger partial charge in [0.05, 0.1) is 28.1 Å². The summed E-state index contributed by atoms with van der Waals surface area (Å²) in [6.45, 7) is 4.89. The summed E-state index contributed by atoms with van der Waals surface area (Å²) in [6, 6.07) is 9.40. The molecule has 0 amide bonds. The molecular weight excluding hydrogens is 508 g/mol. The molecule has 0 spiro atoms. The van der Waals surface area contributed by atoms with Gasteiger partial charge in [0.1, 0.15) is 5.82 Å². The molecule has 0 aliphatic heterocycles. The number of aromatic nitrogens is 2. The minimum atomic E-state index is -0.631. The van der Waals surface area contributed by atoms with Gasteiger partial charge in [-0.2, -0.15) is 9.78 Å². The van der Waals surface area contributed by atoms with Crippen LogP contribution >= 0.6 is 15.9 Å². The van der Waals surface area contributed by atoms with Gasteiger partial charge in [0.2, 0.25) is 0 Å². The summed E-state index contributed by atoms with van der Waals surface area (Å²) in [6.07, 6.45) is 2.30. The number of aryl methyl sites for hydroxylation is 1. The van der Waals surface area contributed by atoms with Crippen LogP contribution in [0.5, 0.6) is 5.75 Å². The molecule has 0 unspecified atom stereocenters. The third-order valence-electron chi connectivity index (χ3n) is 4.56. The molecule has 0 atom stereocenters. The number of benzene rings is 2. The third kappa shape index (κ3) is 6.04. The topological polar surface area (TPSA) is 126 Å². The molecule has 0 aliphatic carbocycles. The number of hydrogen-bond acceptors (Lipinski definition) is 8. The Morgan fingerprint density at radius 3 is 2.74 bits per heavy atom. The number of carbonyl (C=O) groups excluding carboxylic acids is 1. The summed E-state index contributed by atoms with van der Waals surface area (Å²) < 4.78 is 12.2. The van der Waals surface area contributed by atoms with Crippen LogP contribution < -0.4 is 10.3 Å². The van der Waals surface area contributed by atoms with Crippen molar-refractivity contribution in [2.24, 2.45) is 5.10 Å². The van der Waals surface area contributed by atoms with E-state index in [2.05, 4.69) is 26.0 Å². The molecule has 34 heavy (non-hydrogen) atoms. The minimum Gasteiger partial charge on any atom is -0.475 e. The van der Waals surface area contributed by atoms with Crippen LogP contribution in [-0.2, 0) is 16.0 Å². The lowest BCUT2D eigenvalue weighted by molar-refractivity contribution is -0.385. The Bertz CT molecular complexity index is 1320. The highest BCUT2D eigenvalue weighted by Crippen LogP contribution is 2.27.